The normalized spacial score (nSPS) is 12.8. The second-order valence-corrected chi connectivity index (χ2v) is 6.88. The number of carbonyl (C=O) groups excluding carboxylic acids is 1. The van der Waals surface area contributed by atoms with Gasteiger partial charge in [-0.3, -0.25) is 0 Å². The van der Waals surface area contributed by atoms with Crippen LogP contribution in [-0.4, -0.2) is 25.6 Å². The topological polar surface area (TPSA) is 77.4 Å². The number of hydrogen-bond acceptors (Lipinski definition) is 4. The summed E-state index contributed by atoms with van der Waals surface area (Å²) in [5, 5.41) is 0. The number of carbonyl (C=O) groups is 1. The molecule has 2 aromatic rings. The van der Waals surface area contributed by atoms with Crippen LogP contribution < -0.4 is 4.72 Å². The van der Waals surface area contributed by atoms with Crippen molar-refractivity contribution in [3.8, 4) is 0 Å². The lowest BCUT2D eigenvalue weighted by Gasteiger charge is -2.18. The van der Waals surface area contributed by atoms with E-state index in [1.54, 1.807) is 49.0 Å². The molecule has 1 N–H and O–H groups in total. The third kappa shape index (κ3) is 4.00. The highest BCUT2D eigenvalue weighted by Gasteiger charge is 2.29. The Morgan fingerprint density at radius 3 is 2.43 bits per heavy atom. The summed E-state index contributed by atoms with van der Waals surface area (Å²) in [6.07, 6.45) is 1.74. The SMILES string of the molecule is CCOC(=O)C(NS(=O)(=O)c1ccc(C)cc1)c1cccn1C. The van der Waals surface area contributed by atoms with Crippen LogP contribution in [0.25, 0.3) is 0 Å². The van der Waals surface area contributed by atoms with Gasteiger partial charge in [0.05, 0.1) is 11.5 Å². The smallest absolute Gasteiger partial charge is 0.330 e. The van der Waals surface area contributed by atoms with E-state index >= 15 is 0 Å². The van der Waals surface area contributed by atoms with E-state index in [2.05, 4.69) is 4.72 Å². The van der Waals surface area contributed by atoms with Crippen molar-refractivity contribution in [2.75, 3.05) is 6.61 Å². The van der Waals surface area contributed by atoms with Crippen LogP contribution in [-0.2, 0) is 26.6 Å². The van der Waals surface area contributed by atoms with Gasteiger partial charge >= 0.3 is 5.97 Å². The number of rotatable bonds is 6. The molecule has 1 heterocycles. The summed E-state index contributed by atoms with van der Waals surface area (Å²) >= 11 is 0. The molecule has 0 aliphatic heterocycles. The number of nitrogens with one attached hydrogen (secondary N) is 1. The molecule has 0 radical (unpaired) electrons. The first-order valence-corrected chi connectivity index (χ1v) is 8.70. The highest BCUT2D eigenvalue weighted by molar-refractivity contribution is 7.89. The number of aromatic nitrogens is 1. The van der Waals surface area contributed by atoms with Gasteiger partial charge in [0, 0.05) is 18.9 Å². The molecule has 1 aromatic heterocycles. The molecule has 0 saturated heterocycles. The van der Waals surface area contributed by atoms with E-state index in [0.29, 0.717) is 5.69 Å². The molecule has 23 heavy (non-hydrogen) atoms. The minimum absolute atomic E-state index is 0.103. The first kappa shape index (κ1) is 17.2. The molecule has 0 aliphatic rings. The molecule has 1 unspecified atom stereocenters. The van der Waals surface area contributed by atoms with Gasteiger partial charge in [-0.2, -0.15) is 4.72 Å². The molecule has 1 aromatic carbocycles. The molecular formula is C16H20N2O4S. The standard InChI is InChI=1S/C16H20N2O4S/c1-4-22-16(19)15(14-6-5-11-18(14)3)17-23(20,21)13-9-7-12(2)8-10-13/h5-11,15,17H,4H2,1-3H3. The summed E-state index contributed by atoms with van der Waals surface area (Å²) in [6.45, 7) is 3.72. The summed E-state index contributed by atoms with van der Waals surface area (Å²) in [7, 11) is -2.11. The van der Waals surface area contributed by atoms with Crippen LogP contribution in [0.5, 0.6) is 0 Å². The van der Waals surface area contributed by atoms with Crippen LogP contribution in [0.15, 0.2) is 47.5 Å². The Hall–Kier alpha value is -2.12. The molecule has 0 fully saturated rings. The number of aryl methyl sites for hydroxylation is 2. The molecule has 0 spiro atoms. The molecule has 0 saturated carbocycles. The van der Waals surface area contributed by atoms with Crippen LogP contribution in [0.1, 0.15) is 24.2 Å². The zero-order valence-corrected chi connectivity index (χ0v) is 14.1. The molecule has 6 nitrogen and oxygen atoms in total. The van der Waals surface area contributed by atoms with E-state index in [9.17, 15) is 13.2 Å². The van der Waals surface area contributed by atoms with Gasteiger partial charge in [-0.1, -0.05) is 17.7 Å². The number of ether oxygens (including phenoxy) is 1. The Kier molecular flexibility index (Phi) is 5.23. The van der Waals surface area contributed by atoms with Crippen LogP contribution in [0.2, 0.25) is 0 Å². The fourth-order valence-electron chi connectivity index (χ4n) is 2.17. The van der Waals surface area contributed by atoms with Crippen LogP contribution >= 0.6 is 0 Å². The third-order valence-corrected chi connectivity index (χ3v) is 4.85. The molecular weight excluding hydrogens is 316 g/mol. The van der Waals surface area contributed by atoms with Crippen molar-refractivity contribution >= 4 is 16.0 Å². The fourth-order valence-corrected chi connectivity index (χ4v) is 3.33. The van der Waals surface area contributed by atoms with Crippen molar-refractivity contribution in [3.05, 3.63) is 53.9 Å². The van der Waals surface area contributed by atoms with Gasteiger partial charge in [-0.25, -0.2) is 13.2 Å². The van der Waals surface area contributed by atoms with Crippen LogP contribution in [0.4, 0.5) is 0 Å². The molecule has 7 heteroatoms. The maximum absolute atomic E-state index is 12.5. The van der Waals surface area contributed by atoms with Crippen molar-refractivity contribution in [2.45, 2.75) is 24.8 Å². The predicted molar refractivity (Wildman–Crippen MR) is 86.3 cm³/mol. The average Bonchev–Trinajstić information content (AvgIpc) is 2.91. The highest BCUT2D eigenvalue weighted by atomic mass is 32.2. The number of sulfonamides is 1. The van der Waals surface area contributed by atoms with E-state index in [0.717, 1.165) is 5.56 Å². The Labute approximate surface area is 136 Å². The fraction of sp³-hybridized carbons (Fsp3) is 0.312. The van der Waals surface area contributed by atoms with E-state index < -0.39 is 22.0 Å². The van der Waals surface area contributed by atoms with Gasteiger partial charge < -0.3 is 9.30 Å². The number of nitrogens with zero attached hydrogens (tertiary/aromatic N) is 1. The zero-order valence-electron chi connectivity index (χ0n) is 13.3. The maximum Gasteiger partial charge on any atom is 0.330 e. The number of benzene rings is 1. The molecule has 0 amide bonds. The van der Waals surface area contributed by atoms with E-state index in [-0.39, 0.29) is 11.5 Å². The second kappa shape index (κ2) is 6.97. The van der Waals surface area contributed by atoms with Crippen LogP contribution in [0, 0.1) is 6.92 Å². The Balaban J connectivity index is 2.35. The van der Waals surface area contributed by atoms with Crippen molar-refractivity contribution in [1.29, 1.82) is 0 Å². The summed E-state index contributed by atoms with van der Waals surface area (Å²) < 4.78 is 34.2. The minimum atomic E-state index is -3.85. The van der Waals surface area contributed by atoms with Crippen molar-refractivity contribution in [2.24, 2.45) is 7.05 Å². The van der Waals surface area contributed by atoms with E-state index in [1.807, 2.05) is 6.92 Å². The Morgan fingerprint density at radius 1 is 1.26 bits per heavy atom. The first-order chi connectivity index (χ1) is 10.8. The maximum atomic E-state index is 12.5. The van der Waals surface area contributed by atoms with E-state index in [4.69, 9.17) is 4.74 Å². The molecule has 0 aliphatic carbocycles. The summed E-state index contributed by atoms with van der Waals surface area (Å²) in [5.74, 6) is -0.634. The average molecular weight is 336 g/mol. The van der Waals surface area contributed by atoms with Crippen molar-refractivity contribution < 1.29 is 17.9 Å². The third-order valence-electron chi connectivity index (χ3n) is 3.41. The second-order valence-electron chi connectivity index (χ2n) is 5.16. The molecule has 0 bridgehead atoms. The largest absolute Gasteiger partial charge is 0.465 e. The quantitative estimate of drug-likeness (QED) is 0.818. The van der Waals surface area contributed by atoms with Crippen molar-refractivity contribution in [1.82, 2.24) is 9.29 Å². The highest BCUT2D eigenvalue weighted by Crippen LogP contribution is 2.19. The first-order valence-electron chi connectivity index (χ1n) is 7.22. The minimum Gasteiger partial charge on any atom is -0.465 e. The monoisotopic (exact) mass is 336 g/mol. The number of hydrogen-bond donors (Lipinski definition) is 1. The lowest BCUT2D eigenvalue weighted by Crippen LogP contribution is -2.36. The molecule has 2 rings (SSSR count). The molecule has 124 valence electrons. The Morgan fingerprint density at radius 2 is 1.91 bits per heavy atom. The van der Waals surface area contributed by atoms with Gasteiger partial charge in [0.25, 0.3) is 0 Å². The van der Waals surface area contributed by atoms with E-state index in [1.165, 1.54) is 12.1 Å². The van der Waals surface area contributed by atoms with Gasteiger partial charge in [0.1, 0.15) is 0 Å². The summed E-state index contributed by atoms with van der Waals surface area (Å²) in [6, 6.07) is 8.74. The lowest BCUT2D eigenvalue weighted by atomic mass is 10.2. The summed E-state index contributed by atoms with van der Waals surface area (Å²) in [4.78, 5) is 12.3. The number of esters is 1. The van der Waals surface area contributed by atoms with Gasteiger partial charge in [0.15, 0.2) is 6.04 Å². The zero-order chi connectivity index (χ0) is 17.0. The van der Waals surface area contributed by atoms with Crippen LogP contribution in [0.3, 0.4) is 0 Å². The Bertz CT molecular complexity index is 779. The summed E-state index contributed by atoms with van der Waals surface area (Å²) in [5.41, 5.74) is 1.47. The molecule has 1 atom stereocenters. The van der Waals surface area contributed by atoms with Gasteiger partial charge in [-0.05, 0) is 38.1 Å². The van der Waals surface area contributed by atoms with Gasteiger partial charge in [0.2, 0.25) is 10.0 Å². The van der Waals surface area contributed by atoms with Crippen molar-refractivity contribution in [3.63, 3.8) is 0 Å². The van der Waals surface area contributed by atoms with Gasteiger partial charge in [-0.15, -0.1) is 0 Å². The lowest BCUT2D eigenvalue weighted by molar-refractivity contribution is -0.145. The predicted octanol–water partition coefficient (Wildman–Crippen LogP) is 1.92.